The highest BCUT2D eigenvalue weighted by Gasteiger charge is 2.22. The summed E-state index contributed by atoms with van der Waals surface area (Å²) in [7, 11) is 1.54. The zero-order valence-electron chi connectivity index (χ0n) is 18.5. The third-order valence-electron chi connectivity index (χ3n) is 5.61. The van der Waals surface area contributed by atoms with Crippen molar-refractivity contribution in [2.24, 2.45) is 0 Å². The summed E-state index contributed by atoms with van der Waals surface area (Å²) in [5, 5.41) is 14.0. The summed E-state index contributed by atoms with van der Waals surface area (Å²) >= 11 is 3.55. The molecule has 176 valence electrons. The highest BCUT2D eigenvalue weighted by atomic mass is 79.9. The molecule has 0 spiro atoms. The molecule has 34 heavy (non-hydrogen) atoms. The molecule has 3 N–H and O–H groups in total. The summed E-state index contributed by atoms with van der Waals surface area (Å²) in [6.07, 6.45) is 2.16. The Morgan fingerprint density at radius 2 is 1.91 bits per heavy atom. The number of hydrogen-bond donors (Lipinski definition) is 3. The van der Waals surface area contributed by atoms with E-state index in [1.165, 1.54) is 12.1 Å². The molecule has 0 aliphatic rings. The van der Waals surface area contributed by atoms with Crippen molar-refractivity contribution >= 4 is 32.8 Å². The molecule has 1 aromatic heterocycles. The van der Waals surface area contributed by atoms with Gasteiger partial charge in [-0.05, 0) is 41.5 Å². The second kappa shape index (κ2) is 10.7. The van der Waals surface area contributed by atoms with Gasteiger partial charge in [-0.3, -0.25) is 10.1 Å². The Morgan fingerprint density at radius 1 is 1.15 bits per heavy atom. The number of methoxy groups -OCH3 is 1. The van der Waals surface area contributed by atoms with Crippen LogP contribution in [0.25, 0.3) is 10.9 Å². The first-order valence-electron chi connectivity index (χ1n) is 10.7. The molecule has 0 amide bonds. The summed E-state index contributed by atoms with van der Waals surface area (Å²) in [4.78, 5) is 15.2. The SMILES string of the molecule is COc1ccc(Br)c(CNC(Cc2c[nH]c3ccccc23)C(=O)O)c1OCc1ccc(F)cc1. The number of aliphatic carboxylic acids is 1. The van der Waals surface area contributed by atoms with E-state index in [-0.39, 0.29) is 19.0 Å². The van der Waals surface area contributed by atoms with Crippen LogP contribution in [0.3, 0.4) is 0 Å². The number of carbonyl (C=O) groups is 1. The smallest absolute Gasteiger partial charge is 0.321 e. The molecule has 8 heteroatoms. The lowest BCUT2D eigenvalue weighted by Gasteiger charge is -2.19. The van der Waals surface area contributed by atoms with Gasteiger partial charge in [0.25, 0.3) is 0 Å². The van der Waals surface area contributed by atoms with Gasteiger partial charge in [0.15, 0.2) is 11.5 Å². The van der Waals surface area contributed by atoms with E-state index < -0.39 is 12.0 Å². The van der Waals surface area contributed by atoms with Gasteiger partial charge in [-0.25, -0.2) is 4.39 Å². The van der Waals surface area contributed by atoms with Gasteiger partial charge < -0.3 is 19.6 Å². The maximum atomic E-state index is 13.2. The number of carboxylic acids is 1. The first kappa shape index (κ1) is 23.8. The van der Waals surface area contributed by atoms with Gasteiger partial charge in [0.05, 0.1) is 7.11 Å². The minimum absolute atomic E-state index is 0.206. The summed E-state index contributed by atoms with van der Waals surface area (Å²) in [5.74, 6) is -0.253. The molecular weight excluding hydrogens is 503 g/mol. The molecule has 1 heterocycles. The number of aromatic nitrogens is 1. The topological polar surface area (TPSA) is 83.6 Å². The van der Waals surface area contributed by atoms with Crippen LogP contribution in [-0.2, 0) is 24.4 Å². The Hall–Kier alpha value is -3.36. The Balaban J connectivity index is 1.54. The fraction of sp³-hybridized carbons (Fsp3) is 0.192. The van der Waals surface area contributed by atoms with Crippen molar-refractivity contribution < 1.29 is 23.8 Å². The molecule has 0 saturated carbocycles. The quantitative estimate of drug-likeness (QED) is 0.256. The minimum atomic E-state index is -0.946. The van der Waals surface area contributed by atoms with Gasteiger partial charge in [0.2, 0.25) is 0 Å². The van der Waals surface area contributed by atoms with Crippen molar-refractivity contribution in [3.63, 3.8) is 0 Å². The Kier molecular flexibility index (Phi) is 7.49. The molecule has 0 fully saturated rings. The van der Waals surface area contributed by atoms with Gasteiger partial charge in [-0.15, -0.1) is 0 Å². The van der Waals surface area contributed by atoms with Gasteiger partial charge in [0.1, 0.15) is 18.5 Å². The Labute approximate surface area is 204 Å². The maximum Gasteiger partial charge on any atom is 0.321 e. The Morgan fingerprint density at radius 3 is 2.65 bits per heavy atom. The molecule has 0 aliphatic heterocycles. The molecule has 3 aromatic carbocycles. The molecule has 1 unspecified atom stereocenters. The van der Waals surface area contributed by atoms with Crippen molar-refractivity contribution in [3.8, 4) is 11.5 Å². The van der Waals surface area contributed by atoms with E-state index in [4.69, 9.17) is 9.47 Å². The van der Waals surface area contributed by atoms with Crippen LogP contribution in [0.4, 0.5) is 4.39 Å². The van der Waals surface area contributed by atoms with Crippen molar-refractivity contribution in [2.45, 2.75) is 25.6 Å². The van der Waals surface area contributed by atoms with Crippen LogP contribution in [0.2, 0.25) is 0 Å². The van der Waals surface area contributed by atoms with Gasteiger partial charge in [0, 0.05) is 40.1 Å². The number of fused-ring (bicyclic) bond motifs is 1. The van der Waals surface area contributed by atoms with E-state index in [0.29, 0.717) is 17.9 Å². The number of halogens is 2. The molecular formula is C26H24BrFN2O4. The lowest BCUT2D eigenvalue weighted by molar-refractivity contribution is -0.139. The van der Waals surface area contributed by atoms with E-state index in [1.807, 2.05) is 36.5 Å². The van der Waals surface area contributed by atoms with Crippen LogP contribution >= 0.6 is 15.9 Å². The number of hydrogen-bond acceptors (Lipinski definition) is 4. The number of para-hydroxylation sites is 1. The maximum absolute atomic E-state index is 13.2. The predicted octanol–water partition coefficient (Wildman–Crippen LogP) is 5.44. The summed E-state index contributed by atoms with van der Waals surface area (Å²) in [5.41, 5.74) is 3.42. The minimum Gasteiger partial charge on any atom is -0.493 e. The molecule has 0 bridgehead atoms. The molecule has 0 saturated heterocycles. The van der Waals surface area contributed by atoms with Crippen molar-refractivity contribution in [1.29, 1.82) is 0 Å². The van der Waals surface area contributed by atoms with E-state index in [2.05, 4.69) is 26.2 Å². The van der Waals surface area contributed by atoms with Crippen molar-refractivity contribution in [3.05, 3.63) is 93.8 Å². The molecule has 0 aliphatic carbocycles. The fourth-order valence-electron chi connectivity index (χ4n) is 3.79. The Bertz CT molecular complexity index is 1290. The second-order valence-corrected chi connectivity index (χ2v) is 8.66. The first-order valence-corrected chi connectivity index (χ1v) is 11.5. The number of aromatic amines is 1. The number of nitrogens with one attached hydrogen (secondary N) is 2. The standard InChI is InChI=1S/C26H24BrFN2O4/c1-33-24-11-10-21(27)20(25(24)34-15-16-6-8-18(28)9-7-16)14-30-23(26(31)32)12-17-13-29-22-5-3-2-4-19(17)22/h2-11,13,23,29-30H,12,14-15H2,1H3,(H,31,32). The van der Waals surface area contributed by atoms with Crippen LogP contribution in [0, 0.1) is 5.82 Å². The molecule has 1 atom stereocenters. The van der Waals surface area contributed by atoms with Crippen LogP contribution < -0.4 is 14.8 Å². The number of H-pyrrole nitrogens is 1. The normalized spacial score (nSPS) is 12.0. The van der Waals surface area contributed by atoms with Gasteiger partial charge in [-0.2, -0.15) is 0 Å². The van der Waals surface area contributed by atoms with E-state index >= 15 is 0 Å². The lowest BCUT2D eigenvalue weighted by atomic mass is 10.0. The van der Waals surface area contributed by atoms with Crippen LogP contribution in [0.5, 0.6) is 11.5 Å². The second-order valence-electron chi connectivity index (χ2n) is 7.81. The van der Waals surface area contributed by atoms with E-state index in [1.54, 1.807) is 25.3 Å². The van der Waals surface area contributed by atoms with Crippen molar-refractivity contribution in [1.82, 2.24) is 10.3 Å². The number of rotatable bonds is 10. The van der Waals surface area contributed by atoms with Gasteiger partial charge in [-0.1, -0.05) is 46.3 Å². The number of benzene rings is 3. The zero-order valence-corrected chi connectivity index (χ0v) is 20.1. The zero-order chi connectivity index (χ0) is 24.1. The fourth-order valence-corrected chi connectivity index (χ4v) is 4.25. The summed E-state index contributed by atoms with van der Waals surface area (Å²) < 4.78 is 25.5. The van der Waals surface area contributed by atoms with Crippen molar-refractivity contribution in [2.75, 3.05) is 7.11 Å². The third kappa shape index (κ3) is 5.40. The van der Waals surface area contributed by atoms with Gasteiger partial charge >= 0.3 is 5.97 Å². The monoisotopic (exact) mass is 526 g/mol. The molecule has 6 nitrogen and oxygen atoms in total. The number of carboxylic acid groups (broad SMARTS) is 1. The first-order chi connectivity index (χ1) is 16.5. The molecule has 4 aromatic rings. The highest BCUT2D eigenvalue weighted by Crippen LogP contribution is 2.37. The number of ether oxygens (including phenoxy) is 2. The molecule has 4 rings (SSSR count). The largest absolute Gasteiger partial charge is 0.493 e. The van der Waals surface area contributed by atoms with Crippen LogP contribution in [0.15, 0.2) is 71.3 Å². The summed E-state index contributed by atoms with van der Waals surface area (Å²) in [6.45, 7) is 0.438. The summed E-state index contributed by atoms with van der Waals surface area (Å²) in [6, 6.07) is 16.6. The van der Waals surface area contributed by atoms with Crippen LogP contribution in [-0.4, -0.2) is 29.2 Å². The predicted molar refractivity (Wildman–Crippen MR) is 132 cm³/mol. The average molecular weight is 527 g/mol. The van der Waals surface area contributed by atoms with Crippen LogP contribution in [0.1, 0.15) is 16.7 Å². The lowest BCUT2D eigenvalue weighted by Crippen LogP contribution is -2.38. The average Bonchev–Trinajstić information content (AvgIpc) is 3.25. The van der Waals surface area contributed by atoms with E-state index in [9.17, 15) is 14.3 Å². The third-order valence-corrected chi connectivity index (χ3v) is 6.35. The highest BCUT2D eigenvalue weighted by molar-refractivity contribution is 9.10. The molecule has 0 radical (unpaired) electrons. The van der Waals surface area contributed by atoms with E-state index in [0.717, 1.165) is 32.1 Å².